The van der Waals surface area contributed by atoms with Crippen molar-refractivity contribution in [1.29, 1.82) is 0 Å². The number of halogens is 5. The van der Waals surface area contributed by atoms with E-state index in [1.54, 1.807) is 13.8 Å². The lowest BCUT2D eigenvalue weighted by atomic mass is 9.86. The van der Waals surface area contributed by atoms with Crippen molar-refractivity contribution in [1.82, 2.24) is 5.32 Å². The third-order valence-electron chi connectivity index (χ3n) is 5.16. The average Bonchev–Trinajstić information content (AvgIpc) is 2.64. The predicted octanol–water partition coefficient (Wildman–Crippen LogP) is 6.87. The number of ether oxygens (including phenoxy) is 1. The number of allylic oxidation sites excluding steroid dienone is 2. The molecule has 0 radical (unpaired) electrons. The fourth-order valence-corrected chi connectivity index (χ4v) is 2.94. The monoisotopic (exact) mass is 426 g/mol. The van der Waals surface area contributed by atoms with Gasteiger partial charge in [-0.25, -0.2) is 8.78 Å². The molecule has 0 aliphatic carbocycles. The van der Waals surface area contributed by atoms with Crippen LogP contribution in [-0.4, -0.2) is 31.7 Å². The minimum atomic E-state index is -4.60. The minimum Gasteiger partial charge on any atom is -0.481 e. The first-order valence-corrected chi connectivity index (χ1v) is 10.0. The highest BCUT2D eigenvalue weighted by atomic mass is 19.4. The number of alkyl halides is 5. The number of aliphatic imine (C=N–C) groups is 1. The fourth-order valence-electron chi connectivity index (χ4n) is 2.94. The summed E-state index contributed by atoms with van der Waals surface area (Å²) < 4.78 is 72.1. The van der Waals surface area contributed by atoms with Gasteiger partial charge in [0.05, 0.1) is 7.11 Å². The molecular formula is C21H35F5N2O. The maximum atomic E-state index is 13.8. The van der Waals surface area contributed by atoms with Crippen molar-refractivity contribution in [3.8, 4) is 0 Å². The van der Waals surface area contributed by atoms with Crippen LogP contribution in [0.5, 0.6) is 0 Å². The van der Waals surface area contributed by atoms with E-state index < -0.39 is 23.6 Å². The minimum absolute atomic E-state index is 0.0721. The van der Waals surface area contributed by atoms with Gasteiger partial charge in [0.25, 0.3) is 0 Å². The number of nitrogens with zero attached hydrogens (tertiary/aromatic N) is 1. The standard InChI is InChI=1S/C21H35F5N2O/c1-8-14(5)18(28-19(29-7)17(10-3)21(24,25)26)27-13-16(9-2)15(6)12-20(22,23)11-4/h10,15-16,27H,8-9,11-13H2,1-7H3/b17-10+,18-14-,28-19+. The van der Waals surface area contributed by atoms with Crippen LogP contribution in [0.4, 0.5) is 22.0 Å². The topological polar surface area (TPSA) is 33.6 Å². The van der Waals surface area contributed by atoms with Gasteiger partial charge in [-0.15, -0.1) is 0 Å². The van der Waals surface area contributed by atoms with Crippen LogP contribution < -0.4 is 5.32 Å². The summed E-state index contributed by atoms with van der Waals surface area (Å²) in [5.74, 6) is -3.30. The second-order valence-electron chi connectivity index (χ2n) is 7.24. The molecule has 170 valence electrons. The second kappa shape index (κ2) is 12.2. The molecule has 0 rings (SSSR count). The Morgan fingerprint density at radius 1 is 1.14 bits per heavy atom. The quantitative estimate of drug-likeness (QED) is 0.222. The molecule has 3 nitrogen and oxygen atoms in total. The highest BCUT2D eigenvalue weighted by Crippen LogP contribution is 2.32. The molecule has 0 spiro atoms. The van der Waals surface area contributed by atoms with Gasteiger partial charge in [-0.1, -0.05) is 40.2 Å². The van der Waals surface area contributed by atoms with Crippen LogP contribution in [0.25, 0.3) is 0 Å². The predicted molar refractivity (Wildman–Crippen MR) is 108 cm³/mol. The first kappa shape index (κ1) is 27.4. The summed E-state index contributed by atoms with van der Waals surface area (Å²) in [6.45, 7) is 10.4. The summed E-state index contributed by atoms with van der Waals surface area (Å²) in [5.41, 5.74) is -0.218. The van der Waals surface area contributed by atoms with E-state index >= 15 is 0 Å². The van der Waals surface area contributed by atoms with Gasteiger partial charge in [0.15, 0.2) is 0 Å². The Labute approximate surface area is 171 Å². The lowest BCUT2D eigenvalue weighted by Crippen LogP contribution is -2.31. The number of hydrogen-bond donors (Lipinski definition) is 1. The summed E-state index contributed by atoms with van der Waals surface area (Å²) in [6.07, 6.45) is -2.90. The van der Waals surface area contributed by atoms with Gasteiger partial charge in [0, 0.05) is 19.4 Å². The van der Waals surface area contributed by atoms with E-state index in [0.29, 0.717) is 19.4 Å². The first-order valence-electron chi connectivity index (χ1n) is 10.0. The molecular weight excluding hydrogens is 391 g/mol. The molecule has 0 heterocycles. The van der Waals surface area contributed by atoms with E-state index in [0.717, 1.165) is 18.8 Å². The SMILES string of the molecule is C\C=C(/C(=N\C(NCC(CC)C(C)CC(F)(F)CC)=C(\C)CC)OC)C(F)(F)F. The van der Waals surface area contributed by atoms with Gasteiger partial charge in [-0.05, 0) is 37.7 Å². The van der Waals surface area contributed by atoms with E-state index in [1.165, 1.54) is 13.8 Å². The maximum absolute atomic E-state index is 13.8. The zero-order valence-corrected chi connectivity index (χ0v) is 18.5. The van der Waals surface area contributed by atoms with Crippen molar-refractivity contribution in [2.75, 3.05) is 13.7 Å². The van der Waals surface area contributed by atoms with Gasteiger partial charge in [0.1, 0.15) is 11.4 Å². The molecule has 29 heavy (non-hydrogen) atoms. The Morgan fingerprint density at radius 2 is 1.72 bits per heavy atom. The van der Waals surface area contributed by atoms with Crippen LogP contribution in [0.3, 0.4) is 0 Å². The lowest BCUT2D eigenvalue weighted by molar-refractivity contribution is -0.0877. The Balaban J connectivity index is 5.62. The molecule has 0 aromatic rings. The van der Waals surface area contributed by atoms with Gasteiger partial charge in [0.2, 0.25) is 11.8 Å². The molecule has 1 N–H and O–H groups in total. The van der Waals surface area contributed by atoms with Crippen LogP contribution in [0.1, 0.15) is 67.2 Å². The zero-order chi connectivity index (χ0) is 22.8. The van der Waals surface area contributed by atoms with Crippen molar-refractivity contribution in [2.24, 2.45) is 16.8 Å². The molecule has 8 heteroatoms. The molecule has 0 aromatic heterocycles. The molecule has 2 unspecified atom stereocenters. The molecule has 0 fully saturated rings. The highest BCUT2D eigenvalue weighted by Gasteiger charge is 2.37. The van der Waals surface area contributed by atoms with Crippen LogP contribution in [0, 0.1) is 11.8 Å². The Hall–Kier alpha value is -1.60. The third-order valence-corrected chi connectivity index (χ3v) is 5.16. The van der Waals surface area contributed by atoms with Gasteiger partial charge in [-0.2, -0.15) is 18.2 Å². The lowest BCUT2D eigenvalue weighted by Gasteiger charge is -2.27. The molecule has 0 amide bonds. The molecule has 0 aliphatic rings. The fraction of sp³-hybridized carbons (Fsp3) is 0.762. The van der Waals surface area contributed by atoms with E-state index in [1.807, 2.05) is 13.8 Å². The smallest absolute Gasteiger partial charge is 0.421 e. The van der Waals surface area contributed by atoms with E-state index in [9.17, 15) is 22.0 Å². The third kappa shape index (κ3) is 9.17. The molecule has 0 saturated heterocycles. The van der Waals surface area contributed by atoms with Crippen LogP contribution >= 0.6 is 0 Å². The van der Waals surface area contributed by atoms with Gasteiger partial charge >= 0.3 is 6.18 Å². The van der Waals surface area contributed by atoms with Crippen molar-refractivity contribution < 1.29 is 26.7 Å². The molecule has 0 bridgehead atoms. The maximum Gasteiger partial charge on any atom is 0.421 e. The molecule has 0 aliphatic heterocycles. The van der Waals surface area contributed by atoms with Crippen molar-refractivity contribution in [2.45, 2.75) is 79.3 Å². The van der Waals surface area contributed by atoms with Gasteiger partial charge in [-0.3, -0.25) is 0 Å². The normalized spacial score (nSPS) is 17.0. The number of nitrogens with one attached hydrogen (secondary N) is 1. The summed E-state index contributed by atoms with van der Waals surface area (Å²) in [4.78, 5) is 4.09. The largest absolute Gasteiger partial charge is 0.481 e. The summed E-state index contributed by atoms with van der Waals surface area (Å²) in [5, 5.41) is 3.07. The van der Waals surface area contributed by atoms with Crippen molar-refractivity contribution in [3.05, 3.63) is 23.0 Å². The summed E-state index contributed by atoms with van der Waals surface area (Å²) in [6, 6.07) is 0. The van der Waals surface area contributed by atoms with Crippen molar-refractivity contribution >= 4 is 5.90 Å². The van der Waals surface area contributed by atoms with Crippen molar-refractivity contribution in [3.63, 3.8) is 0 Å². The second-order valence-corrected chi connectivity index (χ2v) is 7.24. The first-order chi connectivity index (χ1) is 13.4. The summed E-state index contributed by atoms with van der Waals surface area (Å²) >= 11 is 0. The average molecular weight is 427 g/mol. The molecule has 0 aromatic carbocycles. The molecule has 0 saturated carbocycles. The summed E-state index contributed by atoms with van der Waals surface area (Å²) in [7, 11) is 1.14. The molecule has 2 atom stereocenters. The highest BCUT2D eigenvalue weighted by molar-refractivity contribution is 5.95. The van der Waals surface area contributed by atoms with Crippen LogP contribution in [0.15, 0.2) is 28.0 Å². The van der Waals surface area contributed by atoms with Crippen LogP contribution in [0.2, 0.25) is 0 Å². The van der Waals surface area contributed by atoms with E-state index in [4.69, 9.17) is 4.74 Å². The van der Waals surface area contributed by atoms with E-state index in [2.05, 4.69) is 10.3 Å². The Morgan fingerprint density at radius 3 is 2.10 bits per heavy atom. The zero-order valence-electron chi connectivity index (χ0n) is 18.5. The van der Waals surface area contributed by atoms with Crippen LogP contribution in [-0.2, 0) is 4.74 Å². The van der Waals surface area contributed by atoms with Gasteiger partial charge < -0.3 is 10.1 Å². The number of hydrogen-bond acceptors (Lipinski definition) is 3. The number of rotatable bonds is 11. The Kier molecular flexibility index (Phi) is 11.5. The Bertz CT molecular complexity index is 594. The van der Waals surface area contributed by atoms with E-state index in [-0.39, 0.29) is 30.5 Å². The number of methoxy groups -OCH3 is 1.